The van der Waals surface area contributed by atoms with Gasteiger partial charge in [0, 0.05) is 165 Å². The van der Waals surface area contributed by atoms with Crippen LogP contribution in [-0.4, -0.2) is 324 Å². The maximum atomic E-state index is 13.1. The summed E-state index contributed by atoms with van der Waals surface area (Å²) in [6, 6.07) is 2.01. The zero-order valence-electron chi connectivity index (χ0n) is 63.4. The fourth-order valence-electron chi connectivity index (χ4n) is 12.9. The van der Waals surface area contributed by atoms with Crippen LogP contribution in [0.25, 0.3) is 0 Å². The number of piperazine rings is 1. The number of anilines is 4. The topological polar surface area (TPSA) is 561 Å². The Labute approximate surface area is 682 Å². The summed E-state index contributed by atoms with van der Waals surface area (Å²) in [6.07, 6.45) is 15.7. The largest absolute Gasteiger partial charge is 0.481 e. The normalized spacial score (nSPS) is 15.6. The Bertz CT molecular complexity index is 3640. The average molecular weight is 1750 g/mol. The number of rotatable bonds is 50. The molecule has 0 bridgehead atoms. The molecule has 1 aromatic carbocycles. The van der Waals surface area contributed by atoms with Gasteiger partial charge in [-0.25, -0.2) is 29.1 Å². The van der Waals surface area contributed by atoms with Crippen molar-refractivity contribution in [3.63, 3.8) is 0 Å². The molecule has 4 aromatic rings. The van der Waals surface area contributed by atoms with E-state index in [1.807, 2.05) is 50.9 Å². The third kappa shape index (κ3) is 39.1. The maximum absolute atomic E-state index is 13.1. The molecule has 42 heteroatoms. The molecule has 5 heterocycles. The van der Waals surface area contributed by atoms with E-state index in [2.05, 4.69) is 41.5 Å². The molecular formula is C71H107LuN19O22. The predicted octanol–water partition coefficient (Wildman–Crippen LogP) is 1.34. The molecule has 2 fully saturated rings. The van der Waals surface area contributed by atoms with Gasteiger partial charge in [-0.2, -0.15) is 24.5 Å². The summed E-state index contributed by atoms with van der Waals surface area (Å²) >= 11 is 0. The van der Waals surface area contributed by atoms with Crippen LogP contribution in [0.15, 0.2) is 49.1 Å². The quantitative estimate of drug-likeness (QED) is 0.0277. The molecule has 633 valence electrons. The molecular weight excluding hydrogens is 1650 g/mol. The number of carbonyl (C=O) groups is 11. The predicted molar refractivity (Wildman–Crippen MR) is 398 cm³/mol. The summed E-state index contributed by atoms with van der Waals surface area (Å²) in [5.41, 5.74) is 1.43. The summed E-state index contributed by atoms with van der Waals surface area (Å²) in [5, 5.41) is 100. The molecule has 0 saturated carbocycles. The Morgan fingerprint density at radius 3 is 1.54 bits per heavy atom. The van der Waals surface area contributed by atoms with Gasteiger partial charge in [0.05, 0.1) is 32.7 Å². The Hall–Kier alpha value is -9.61. The molecule has 0 spiro atoms. The number of hydrogen-bond acceptors (Lipinski definition) is 27. The van der Waals surface area contributed by atoms with Gasteiger partial charge in [-0.15, -0.1) is 0 Å². The van der Waals surface area contributed by atoms with Crippen LogP contribution in [0.3, 0.4) is 0 Å². The number of aliphatic carboxylic acids is 9. The smallest absolute Gasteiger partial charge is 0.373 e. The zero-order valence-corrected chi connectivity index (χ0v) is 65.0. The van der Waals surface area contributed by atoms with Crippen molar-refractivity contribution >= 4 is 95.3 Å². The third-order valence-corrected chi connectivity index (χ3v) is 18.8. The van der Waals surface area contributed by atoms with E-state index in [4.69, 9.17) is 29.6 Å². The van der Waals surface area contributed by atoms with Gasteiger partial charge < -0.3 is 91.5 Å². The van der Waals surface area contributed by atoms with Crippen LogP contribution in [0.4, 0.5) is 28.3 Å². The number of carbonyl (C=O) groups excluding carboxylic acids is 4. The first-order valence-electron chi connectivity index (χ1n) is 37.3. The summed E-state index contributed by atoms with van der Waals surface area (Å²) < 4.78 is 3.00. The number of benzene rings is 1. The number of nitrogens with zero attached hydrogens (tertiary/aromatic N) is 14. The van der Waals surface area contributed by atoms with Gasteiger partial charge in [0.1, 0.15) is 42.9 Å². The minimum Gasteiger partial charge on any atom is -0.481 e. The Balaban J connectivity index is 0.00000662. The molecule has 3 amide bonds. The van der Waals surface area contributed by atoms with Crippen LogP contribution in [0, 0.1) is 36.9 Å². The van der Waals surface area contributed by atoms with E-state index in [0.29, 0.717) is 134 Å². The van der Waals surface area contributed by atoms with Gasteiger partial charge in [0.25, 0.3) is 0 Å². The van der Waals surface area contributed by atoms with Gasteiger partial charge in [-0.05, 0) is 102 Å². The number of urea groups is 1. The van der Waals surface area contributed by atoms with Crippen molar-refractivity contribution in [2.24, 2.45) is 0 Å². The van der Waals surface area contributed by atoms with E-state index >= 15 is 0 Å². The molecule has 41 nitrogen and oxygen atoms in total. The molecule has 14 N–H and O–H groups in total. The average Bonchev–Trinajstić information content (AvgIpc) is 1.38. The molecule has 2 aliphatic rings. The van der Waals surface area contributed by atoms with E-state index in [1.54, 1.807) is 22.2 Å². The number of imidazole rings is 2. The fraction of sp³-hybridized carbons (Fsp3) is 0.620. The monoisotopic (exact) mass is 1750 g/mol. The number of aromatic nitrogens is 7. The van der Waals surface area contributed by atoms with Crippen molar-refractivity contribution in [2.75, 3.05) is 134 Å². The van der Waals surface area contributed by atoms with Crippen molar-refractivity contribution in [1.82, 2.24) is 79.4 Å². The Kier molecular flexibility index (Phi) is 44.6. The summed E-state index contributed by atoms with van der Waals surface area (Å²) in [7, 11) is 1.89. The van der Waals surface area contributed by atoms with Crippen LogP contribution < -0.4 is 31.5 Å². The number of nitrogens with one attached hydrogen (secondary N) is 5. The molecule has 2 aliphatic heterocycles. The molecule has 2 saturated heterocycles. The van der Waals surface area contributed by atoms with Crippen LogP contribution >= 0.6 is 0 Å². The van der Waals surface area contributed by atoms with Crippen molar-refractivity contribution in [1.29, 1.82) is 0 Å². The van der Waals surface area contributed by atoms with Crippen molar-refractivity contribution in [2.45, 2.75) is 166 Å². The van der Waals surface area contributed by atoms with Gasteiger partial charge in [0.2, 0.25) is 23.8 Å². The molecule has 1 unspecified atom stereocenters. The standard InChI is InChI=1S/C70H107N19O20.CO2.Lu/c1-81-30-31-83(44-59(93)94)32-33-84(45-60(95)96)36-39-87(46-61(97)98)51(41-81)40-49-17-19-50(20-18-49)74-67-78-68(75-52(64(103)104)15-10-13-27-85(42-55-71-24-28-88(55)47-62(99)100)43-56-72-25-29-89(56)48-63(101)102)80-69(79-67)86-37-34-82(35-38-86)26-12-7-5-3-2-4-6-8-16-57(90)73-23-11-9-14-53(65(105)106)76-70(109)77-54(66(107)108)21-22-58(91)92;2-1-3;/h17-20,24-25,28-29,51-54H,2-16,21-23,26-27,30-48H2,1H3,(H,73,90)(H,91,92)(H,93,94)(H,95,96)(H,97,98)(H,99,100)(H,101,102)(H,103,104)(H,105,106)(H,107,108)(H2,76,77,109)(H2,74,75,78,79,80);;/t51?,52-,53-,54-;;/m0../s1. The number of unbranched alkanes of at least 4 members (excludes halogenated alkanes) is 9. The summed E-state index contributed by atoms with van der Waals surface area (Å²) in [4.78, 5) is 184. The van der Waals surface area contributed by atoms with Crippen molar-refractivity contribution < 1.29 is 145 Å². The van der Waals surface area contributed by atoms with Gasteiger partial charge in [-0.1, -0.05) is 50.7 Å². The van der Waals surface area contributed by atoms with E-state index in [0.717, 1.165) is 57.1 Å². The fourth-order valence-corrected chi connectivity index (χ4v) is 12.9. The number of carboxylic acids is 9. The first-order chi connectivity index (χ1) is 53.6. The third-order valence-electron chi connectivity index (χ3n) is 18.8. The Morgan fingerprint density at radius 2 is 1.00 bits per heavy atom. The SMILES string of the molecule is CN1CCN(CC(=O)O)CCN(CC(=O)O)CCN(CC(=O)O)C(Cc2ccc(Nc3nc(N[C@@H](CCCCN(Cc4nccn4CC(=O)O)Cc4nccn4CC(=O)O)C(=O)O)nc(N4CCN(CCCCCCCCCCC(=O)NCCCC[C@H](NC(=O)N[C@@H](CCC(=O)O)C(=O)O)C(=O)O)CC4)n3)cc2)C1.O=C=O.[Lu]. The van der Waals surface area contributed by atoms with Crippen LogP contribution in [0.1, 0.15) is 126 Å². The number of amides is 3. The summed E-state index contributed by atoms with van der Waals surface area (Å²) in [6.45, 7) is 5.27. The molecule has 1 radical (unpaired) electrons. The second-order valence-electron chi connectivity index (χ2n) is 27.6. The number of hydrogen-bond donors (Lipinski definition) is 14. The molecule has 3 aromatic heterocycles. The van der Waals surface area contributed by atoms with Gasteiger partial charge in [0.15, 0.2) is 0 Å². The second-order valence-corrected chi connectivity index (χ2v) is 27.6. The van der Waals surface area contributed by atoms with Crippen LogP contribution in [0.5, 0.6) is 0 Å². The van der Waals surface area contributed by atoms with E-state index in [-0.39, 0.29) is 152 Å². The number of likely N-dealkylation sites (N-methyl/N-ethyl adjacent to an activating group) is 1. The van der Waals surface area contributed by atoms with Crippen molar-refractivity contribution in [3.8, 4) is 0 Å². The van der Waals surface area contributed by atoms with Gasteiger partial charge >= 0.3 is 65.9 Å². The van der Waals surface area contributed by atoms with Gasteiger partial charge in [-0.3, -0.25) is 58.1 Å². The molecule has 113 heavy (non-hydrogen) atoms. The molecule has 4 atom stereocenters. The van der Waals surface area contributed by atoms with Crippen LogP contribution in [0.2, 0.25) is 0 Å². The first kappa shape index (κ1) is 95.8. The second kappa shape index (κ2) is 52.7. The van der Waals surface area contributed by atoms with E-state index < -0.39 is 84.3 Å². The van der Waals surface area contributed by atoms with E-state index in [9.17, 15) is 93.6 Å². The Morgan fingerprint density at radius 1 is 0.513 bits per heavy atom. The van der Waals surface area contributed by atoms with E-state index in [1.165, 1.54) is 21.5 Å². The summed E-state index contributed by atoms with van der Waals surface area (Å²) in [5.74, 6) is -9.19. The minimum absolute atomic E-state index is 0. The van der Waals surface area contributed by atoms with Crippen molar-refractivity contribution in [3.05, 3.63) is 66.3 Å². The van der Waals surface area contributed by atoms with Crippen LogP contribution in [-0.2, 0) is 90.1 Å². The zero-order chi connectivity index (χ0) is 81.9. The maximum Gasteiger partial charge on any atom is 0.373 e. The minimum atomic E-state index is -1.51. The molecule has 0 aliphatic carbocycles. The first-order valence-corrected chi connectivity index (χ1v) is 37.3. The molecule has 6 rings (SSSR count). The number of carboxylic acid groups (broad SMARTS) is 9.